The molecule has 0 fully saturated rings. The largest absolute Gasteiger partial charge is 0.444 e. The van der Waals surface area contributed by atoms with E-state index in [1.807, 2.05) is 24.3 Å². The molecule has 1 aromatic rings. The van der Waals surface area contributed by atoms with Gasteiger partial charge in [0.05, 0.1) is 0 Å². The maximum atomic E-state index is 13.0. The van der Waals surface area contributed by atoms with E-state index in [2.05, 4.69) is 36.4 Å². The molecule has 0 saturated carbocycles. The van der Waals surface area contributed by atoms with Crippen LogP contribution in [0.25, 0.3) is 0 Å². The molecule has 0 aromatic heterocycles. The summed E-state index contributed by atoms with van der Waals surface area (Å²) in [6.07, 6.45) is -0.277. The van der Waals surface area contributed by atoms with Crippen molar-refractivity contribution >= 4 is 26.2 Å². The van der Waals surface area contributed by atoms with Gasteiger partial charge in [0.2, 0.25) is 0 Å². The number of ether oxygens (including phenoxy) is 2. The molecule has 0 spiro atoms. The SMILES string of the molecule is CC(C)(C)OC(=O)NCC(N)C(=O)N(CCCc1ccc(C#C[Si](C)(C)C)cc1)C(=O)OC(C)(C)C. The van der Waals surface area contributed by atoms with Crippen molar-refractivity contribution in [2.75, 3.05) is 13.1 Å². The Morgan fingerprint density at radius 2 is 1.56 bits per heavy atom. The molecule has 1 atom stereocenters. The number of imide groups is 1. The van der Waals surface area contributed by atoms with Gasteiger partial charge in [-0.25, -0.2) is 14.5 Å². The lowest BCUT2D eigenvalue weighted by Crippen LogP contribution is -2.53. The van der Waals surface area contributed by atoms with E-state index in [1.165, 1.54) is 0 Å². The van der Waals surface area contributed by atoms with Crippen LogP contribution in [0.3, 0.4) is 0 Å². The number of aryl methyl sites for hydroxylation is 1. The van der Waals surface area contributed by atoms with Crippen molar-refractivity contribution in [1.29, 1.82) is 0 Å². The predicted octanol–water partition coefficient (Wildman–Crippen LogP) is 4.46. The van der Waals surface area contributed by atoms with Crippen molar-refractivity contribution in [2.45, 2.75) is 91.3 Å². The van der Waals surface area contributed by atoms with E-state index in [4.69, 9.17) is 15.2 Å². The highest BCUT2D eigenvalue weighted by Crippen LogP contribution is 2.13. The molecule has 0 saturated heterocycles. The second kappa shape index (κ2) is 12.9. The number of nitrogens with two attached hydrogens (primary N) is 1. The van der Waals surface area contributed by atoms with Gasteiger partial charge in [0, 0.05) is 18.7 Å². The number of carbonyl (C=O) groups excluding carboxylic acids is 3. The second-order valence-electron chi connectivity index (χ2n) is 11.8. The Morgan fingerprint density at radius 1 is 1.00 bits per heavy atom. The molecule has 0 heterocycles. The maximum Gasteiger partial charge on any atom is 0.417 e. The van der Waals surface area contributed by atoms with Gasteiger partial charge >= 0.3 is 12.2 Å². The lowest BCUT2D eigenvalue weighted by molar-refractivity contribution is -0.131. The van der Waals surface area contributed by atoms with E-state index in [1.54, 1.807) is 41.5 Å². The first-order chi connectivity index (χ1) is 16.4. The summed E-state index contributed by atoms with van der Waals surface area (Å²) in [6, 6.07) is 6.85. The van der Waals surface area contributed by atoms with Gasteiger partial charge in [-0.2, -0.15) is 0 Å². The van der Waals surface area contributed by atoms with Crippen molar-refractivity contribution in [3.05, 3.63) is 35.4 Å². The van der Waals surface area contributed by atoms with Gasteiger partial charge in [-0.3, -0.25) is 4.79 Å². The summed E-state index contributed by atoms with van der Waals surface area (Å²) in [6.45, 7) is 16.9. The van der Waals surface area contributed by atoms with Crippen molar-refractivity contribution in [3.63, 3.8) is 0 Å². The molecule has 0 bridgehead atoms. The number of hydrogen-bond acceptors (Lipinski definition) is 6. The first kappa shape index (κ1) is 31.2. The van der Waals surface area contributed by atoms with Crippen LogP contribution in [0.4, 0.5) is 9.59 Å². The third-order valence-corrected chi connectivity index (χ3v) is 5.32. The van der Waals surface area contributed by atoms with E-state index in [9.17, 15) is 14.4 Å². The predicted molar refractivity (Wildman–Crippen MR) is 145 cm³/mol. The number of amides is 3. The number of nitrogens with one attached hydrogen (secondary N) is 1. The smallest absolute Gasteiger partial charge is 0.417 e. The van der Waals surface area contributed by atoms with Crippen molar-refractivity contribution < 1.29 is 23.9 Å². The Bertz CT molecular complexity index is 961. The van der Waals surface area contributed by atoms with E-state index >= 15 is 0 Å². The zero-order valence-corrected chi connectivity index (χ0v) is 24.3. The quantitative estimate of drug-likeness (QED) is 0.408. The van der Waals surface area contributed by atoms with Gasteiger partial charge in [0.15, 0.2) is 0 Å². The molecule has 36 heavy (non-hydrogen) atoms. The monoisotopic (exact) mass is 517 g/mol. The van der Waals surface area contributed by atoms with Gasteiger partial charge in [0.1, 0.15) is 25.3 Å². The first-order valence-corrected chi connectivity index (χ1v) is 15.8. The number of alkyl carbamates (subject to hydrolysis) is 1. The molecule has 0 radical (unpaired) electrons. The van der Waals surface area contributed by atoms with Crippen LogP contribution in [0.15, 0.2) is 24.3 Å². The van der Waals surface area contributed by atoms with Crippen LogP contribution in [-0.4, -0.2) is 61.4 Å². The third-order valence-electron chi connectivity index (χ3n) is 4.45. The standard InChI is InChI=1S/C27H43N3O5Si/c1-26(2,3)34-24(32)29-19-22(28)23(31)30(25(33)35-27(4,5)6)17-10-11-20-12-14-21(15-13-20)16-18-36(7,8)9/h12-15,22H,10-11,17,19,28H2,1-9H3,(H,29,32). The highest BCUT2D eigenvalue weighted by atomic mass is 28.3. The minimum atomic E-state index is -1.44. The van der Waals surface area contributed by atoms with Crippen LogP contribution in [0, 0.1) is 11.5 Å². The maximum absolute atomic E-state index is 13.0. The Kier molecular flexibility index (Phi) is 11.2. The molecule has 1 aromatic carbocycles. The van der Waals surface area contributed by atoms with Crippen molar-refractivity contribution in [3.8, 4) is 11.5 Å². The lowest BCUT2D eigenvalue weighted by atomic mass is 10.1. The van der Waals surface area contributed by atoms with Crippen molar-refractivity contribution in [2.24, 2.45) is 5.73 Å². The third kappa shape index (κ3) is 13.3. The van der Waals surface area contributed by atoms with E-state index in [0.717, 1.165) is 16.0 Å². The van der Waals surface area contributed by atoms with Gasteiger partial charge in [-0.1, -0.05) is 37.7 Å². The van der Waals surface area contributed by atoms with E-state index in [0.29, 0.717) is 12.8 Å². The van der Waals surface area contributed by atoms with E-state index in [-0.39, 0.29) is 13.1 Å². The summed E-state index contributed by atoms with van der Waals surface area (Å²) in [5.74, 6) is 2.60. The molecule has 0 aliphatic carbocycles. The highest BCUT2D eigenvalue weighted by molar-refractivity contribution is 6.83. The van der Waals surface area contributed by atoms with Crippen molar-refractivity contribution in [1.82, 2.24) is 10.2 Å². The summed E-state index contributed by atoms with van der Waals surface area (Å²) in [5, 5.41) is 2.47. The Labute approximate surface area is 217 Å². The minimum absolute atomic E-state index is 0.130. The average molecular weight is 518 g/mol. The van der Waals surface area contributed by atoms with Crippen LogP contribution < -0.4 is 11.1 Å². The zero-order chi connectivity index (χ0) is 27.7. The molecule has 1 rings (SSSR count). The average Bonchev–Trinajstić information content (AvgIpc) is 2.71. The Morgan fingerprint density at radius 3 is 2.06 bits per heavy atom. The molecule has 9 heteroatoms. The van der Waals surface area contributed by atoms with Gasteiger partial charge in [0.25, 0.3) is 5.91 Å². The molecule has 8 nitrogen and oxygen atoms in total. The molecular formula is C27H43N3O5Si. The zero-order valence-electron chi connectivity index (χ0n) is 23.3. The highest BCUT2D eigenvalue weighted by Gasteiger charge is 2.30. The fourth-order valence-electron chi connectivity index (χ4n) is 2.86. The minimum Gasteiger partial charge on any atom is -0.444 e. The normalized spacial score (nSPS) is 12.6. The fraction of sp³-hybridized carbons (Fsp3) is 0.593. The van der Waals surface area contributed by atoms with Crippen LogP contribution in [0.5, 0.6) is 0 Å². The molecule has 200 valence electrons. The summed E-state index contributed by atoms with van der Waals surface area (Å²) in [4.78, 5) is 38.7. The second-order valence-corrected chi connectivity index (χ2v) is 16.5. The Hall–Kier alpha value is -2.83. The van der Waals surface area contributed by atoms with Crippen LogP contribution >= 0.6 is 0 Å². The molecule has 1 unspecified atom stereocenters. The molecule has 0 aliphatic heterocycles. The summed E-state index contributed by atoms with van der Waals surface area (Å²) in [7, 11) is -1.44. The van der Waals surface area contributed by atoms with Crippen LogP contribution in [0.1, 0.15) is 59.1 Å². The summed E-state index contributed by atoms with van der Waals surface area (Å²) in [5.41, 5.74) is 9.94. The molecule has 3 N–H and O–H groups in total. The van der Waals surface area contributed by atoms with Gasteiger partial charge < -0.3 is 20.5 Å². The molecule has 3 amide bonds. The molecule has 0 aliphatic rings. The number of carbonyl (C=O) groups is 3. The number of nitrogens with zero attached hydrogens (tertiary/aromatic N) is 1. The number of benzene rings is 1. The summed E-state index contributed by atoms with van der Waals surface area (Å²) < 4.78 is 10.6. The van der Waals surface area contributed by atoms with Gasteiger partial charge in [-0.15, -0.1) is 5.54 Å². The van der Waals surface area contributed by atoms with Crippen LogP contribution in [-0.2, 0) is 20.7 Å². The fourth-order valence-corrected chi connectivity index (χ4v) is 3.38. The van der Waals surface area contributed by atoms with E-state index < -0.39 is 43.4 Å². The number of rotatable bonds is 7. The number of hydrogen-bond donors (Lipinski definition) is 2. The summed E-state index contributed by atoms with van der Waals surface area (Å²) >= 11 is 0. The first-order valence-electron chi connectivity index (χ1n) is 12.3. The topological polar surface area (TPSA) is 111 Å². The Balaban J connectivity index is 2.81. The molecular weight excluding hydrogens is 474 g/mol. The lowest BCUT2D eigenvalue weighted by Gasteiger charge is -2.28. The van der Waals surface area contributed by atoms with Gasteiger partial charge in [-0.05, 0) is 72.1 Å². The van der Waals surface area contributed by atoms with Crippen LogP contribution in [0.2, 0.25) is 19.6 Å².